The number of amides is 1. The molecular formula is C43H58N2O13. The summed E-state index contributed by atoms with van der Waals surface area (Å²) < 4.78 is 23.8. The van der Waals surface area contributed by atoms with E-state index in [2.05, 4.69) is 5.32 Å². The Balaban J connectivity index is 1.73. The zero-order chi connectivity index (χ0) is 43.1. The van der Waals surface area contributed by atoms with Crippen molar-refractivity contribution in [3.8, 4) is 17.2 Å². The van der Waals surface area contributed by atoms with Gasteiger partial charge in [-0.2, -0.15) is 0 Å². The lowest BCUT2D eigenvalue weighted by molar-refractivity contribution is -0.160. The first-order valence-electron chi connectivity index (χ1n) is 19.6. The van der Waals surface area contributed by atoms with Crippen LogP contribution in [0.25, 0.3) is 10.8 Å². The number of aromatic hydroxyl groups is 2. The molecule has 0 aromatic heterocycles. The summed E-state index contributed by atoms with van der Waals surface area (Å²) in [7, 11) is 1.44. The smallest absolute Gasteiger partial charge is 0.312 e. The quantitative estimate of drug-likeness (QED) is 0.168. The number of hydrogen-bond donors (Lipinski definition) is 7. The van der Waals surface area contributed by atoms with Gasteiger partial charge in [-0.25, -0.2) is 0 Å². The highest BCUT2D eigenvalue weighted by atomic mass is 16.7. The molecule has 1 fully saturated rings. The molecule has 58 heavy (non-hydrogen) atoms. The molecule has 15 heteroatoms. The first-order valence-corrected chi connectivity index (χ1v) is 19.6. The maximum Gasteiger partial charge on any atom is 0.312 e. The normalized spacial score (nSPS) is 32.9. The van der Waals surface area contributed by atoms with E-state index >= 15 is 0 Å². The van der Waals surface area contributed by atoms with Crippen molar-refractivity contribution in [2.75, 3.05) is 23.9 Å². The molecule has 318 valence electrons. The summed E-state index contributed by atoms with van der Waals surface area (Å²) in [6.45, 7) is 14.4. The van der Waals surface area contributed by atoms with Crippen LogP contribution in [0.1, 0.15) is 77.7 Å². The Hall–Kier alpha value is -4.67. The van der Waals surface area contributed by atoms with Crippen molar-refractivity contribution >= 4 is 39.8 Å². The van der Waals surface area contributed by atoms with Gasteiger partial charge in [0.05, 0.1) is 59.5 Å². The largest absolute Gasteiger partial charge is 0.507 e. The van der Waals surface area contributed by atoms with Crippen LogP contribution in [0.4, 0.5) is 11.4 Å². The number of nitrogens with zero attached hydrogens (tertiary/aromatic N) is 1. The maximum atomic E-state index is 14.6. The van der Waals surface area contributed by atoms with E-state index in [1.54, 1.807) is 51.7 Å². The Morgan fingerprint density at radius 2 is 1.67 bits per heavy atom. The van der Waals surface area contributed by atoms with Crippen molar-refractivity contribution in [3.63, 3.8) is 0 Å². The second-order valence-corrected chi connectivity index (χ2v) is 16.2. The number of phenolic OH excluding ortho intramolecular Hbond substituents is 2. The van der Waals surface area contributed by atoms with Crippen molar-refractivity contribution < 1.29 is 64.0 Å². The first-order chi connectivity index (χ1) is 27.2. The van der Waals surface area contributed by atoms with Crippen LogP contribution in [-0.2, 0) is 23.8 Å². The number of Topliss-reactive ketones (excluding diaryl/α,β-unsaturated/α-hetero) is 1. The van der Waals surface area contributed by atoms with Crippen LogP contribution in [0, 0.1) is 30.6 Å². The number of carbonyl (C=O) groups is 3. The number of methoxy groups -OCH3 is 1. The lowest BCUT2D eigenvalue weighted by atomic mass is 9.78. The summed E-state index contributed by atoms with van der Waals surface area (Å²) in [4.78, 5) is 42.3. The average Bonchev–Trinajstić information content (AvgIpc) is 3.69. The number of ketones is 1. The van der Waals surface area contributed by atoms with Gasteiger partial charge in [0.15, 0.2) is 5.75 Å². The van der Waals surface area contributed by atoms with Gasteiger partial charge in [-0.3, -0.25) is 14.4 Å². The molecule has 0 unspecified atom stereocenters. The molecular weight excluding hydrogens is 752 g/mol. The third kappa shape index (κ3) is 8.15. The van der Waals surface area contributed by atoms with Gasteiger partial charge >= 0.3 is 11.8 Å². The van der Waals surface area contributed by atoms with Gasteiger partial charge in [-0.15, -0.1) is 0 Å². The second kappa shape index (κ2) is 17.3. The number of aliphatic hydroxyl groups is 4. The predicted molar refractivity (Wildman–Crippen MR) is 216 cm³/mol. The Morgan fingerprint density at radius 1 is 1.00 bits per heavy atom. The van der Waals surface area contributed by atoms with Crippen LogP contribution in [0.3, 0.4) is 0 Å². The Labute approximate surface area is 338 Å². The number of allylic oxidation sites excluding steroid dienone is 2. The van der Waals surface area contributed by atoms with E-state index in [4.69, 9.17) is 18.9 Å². The topological polar surface area (TPSA) is 225 Å². The van der Waals surface area contributed by atoms with Gasteiger partial charge in [0.1, 0.15) is 17.6 Å². The Morgan fingerprint density at radius 3 is 2.29 bits per heavy atom. The van der Waals surface area contributed by atoms with Crippen molar-refractivity contribution in [1.29, 1.82) is 0 Å². The minimum atomic E-state index is -2.01. The minimum Gasteiger partial charge on any atom is -0.507 e. The number of fused-ring (bicyclic) bond motifs is 14. The number of anilines is 2. The monoisotopic (exact) mass is 810 g/mol. The molecule has 0 radical (unpaired) electrons. The third-order valence-corrected chi connectivity index (χ3v) is 12.1. The van der Waals surface area contributed by atoms with Crippen LogP contribution in [-0.4, -0.2) is 110 Å². The van der Waals surface area contributed by atoms with Gasteiger partial charge in [-0.05, 0) is 39.3 Å². The summed E-state index contributed by atoms with van der Waals surface area (Å²) in [5, 5.41) is 70.7. The zero-order valence-electron chi connectivity index (χ0n) is 34.7. The predicted octanol–water partition coefficient (Wildman–Crippen LogP) is 4.37. The van der Waals surface area contributed by atoms with E-state index in [9.17, 15) is 45.0 Å². The van der Waals surface area contributed by atoms with Crippen LogP contribution >= 0.6 is 0 Å². The maximum absolute atomic E-state index is 14.6. The van der Waals surface area contributed by atoms with E-state index in [1.165, 1.54) is 59.3 Å². The Bertz CT molecular complexity index is 2010. The Kier molecular flexibility index (Phi) is 13.2. The molecule has 4 aliphatic rings. The average molecular weight is 811 g/mol. The molecule has 0 aliphatic carbocycles. The SMILES string of the molecule is CO[C@H]1C=CO[C@]2(C)Oc3c(C)c(O)c4c(O)c(cc(N5CC[C@@H](O)[C@@H]5[C@H](C)O)c4c3C2=O)NC(=O)C(C)=CC=C[C@H](C)[C@@H](O)[C@H](C)[C@@H](O)[C@H](C)[C@@H](OC(C)=O)[C@H]1C. The van der Waals surface area contributed by atoms with E-state index in [0.717, 1.165) is 0 Å². The summed E-state index contributed by atoms with van der Waals surface area (Å²) in [6.07, 6.45) is 1.89. The fraction of sp³-hybridized carbons (Fsp3) is 0.558. The molecule has 7 N–H and O–H groups in total. The molecule has 15 nitrogen and oxygen atoms in total. The second-order valence-electron chi connectivity index (χ2n) is 16.2. The van der Waals surface area contributed by atoms with Gasteiger partial charge in [0.25, 0.3) is 11.7 Å². The minimum absolute atomic E-state index is 0.0207. The summed E-state index contributed by atoms with van der Waals surface area (Å²) >= 11 is 0. The number of nitrogens with one attached hydrogen (secondary N) is 1. The number of carbonyl (C=O) groups excluding carboxylic acids is 3. The number of ether oxygens (including phenoxy) is 4. The van der Waals surface area contributed by atoms with Gasteiger partial charge in [-0.1, -0.05) is 45.9 Å². The number of aliphatic hydroxyl groups excluding tert-OH is 4. The number of esters is 1. The van der Waals surface area contributed by atoms with Crippen molar-refractivity contribution in [1.82, 2.24) is 0 Å². The van der Waals surface area contributed by atoms with Crippen molar-refractivity contribution in [2.45, 2.75) is 117 Å². The summed E-state index contributed by atoms with van der Waals surface area (Å²) in [6, 6.07) is 0.573. The van der Waals surface area contributed by atoms with Crippen molar-refractivity contribution in [2.24, 2.45) is 23.7 Å². The molecule has 0 saturated carbocycles. The first kappa shape index (κ1) is 44.4. The zero-order valence-corrected chi connectivity index (χ0v) is 34.7. The molecule has 0 spiro atoms. The van der Waals surface area contributed by atoms with Gasteiger partial charge < -0.3 is 59.8 Å². The van der Waals surface area contributed by atoms with Crippen molar-refractivity contribution in [3.05, 3.63) is 53.3 Å². The van der Waals surface area contributed by atoms with Crippen LogP contribution in [0.2, 0.25) is 0 Å². The molecule has 1 saturated heterocycles. The molecule has 4 aliphatic heterocycles. The highest BCUT2D eigenvalue weighted by molar-refractivity contribution is 6.23. The molecule has 4 heterocycles. The molecule has 2 aromatic carbocycles. The molecule has 5 bridgehead atoms. The standard InChI is InChI=1S/C43H58N2O13/c1-19-12-11-13-20(2)42(54)44-27-18-28(45-16-14-29(48)34(45)25(7)46)31-32(38(27)52)37(51)24(6)40-33(31)41(53)43(9,58-40)56-17-15-30(55-10)21(3)39(57-26(8)47)23(5)36(50)22(4)35(19)49/h11-13,15,17-19,21-23,25,29-30,34-36,39,46,48-52H,14,16H2,1-10H3,(H,44,54)/t19-,21-,22-,23-,25-,29+,30-,34-,35+,36+,39-,43+/m0/s1. The molecule has 2 aromatic rings. The van der Waals surface area contributed by atoms with Crippen LogP contribution in [0.5, 0.6) is 17.2 Å². The fourth-order valence-electron chi connectivity index (χ4n) is 8.54. The highest BCUT2D eigenvalue weighted by Gasteiger charge is 2.50. The van der Waals surface area contributed by atoms with E-state index < -0.39 is 101 Å². The number of phenols is 2. The van der Waals surface area contributed by atoms with Gasteiger partial charge in [0.2, 0.25) is 0 Å². The lowest BCUT2D eigenvalue weighted by Crippen LogP contribution is -2.46. The third-order valence-electron chi connectivity index (χ3n) is 12.1. The molecule has 12 atom stereocenters. The highest BCUT2D eigenvalue weighted by Crippen LogP contribution is 2.54. The van der Waals surface area contributed by atoms with Gasteiger partial charge in [0, 0.05) is 73.4 Å². The van der Waals surface area contributed by atoms with Crippen LogP contribution < -0.4 is 15.0 Å². The van der Waals surface area contributed by atoms with E-state index in [-0.39, 0.29) is 57.6 Å². The van der Waals surface area contributed by atoms with E-state index in [0.29, 0.717) is 0 Å². The molecule has 6 rings (SSSR count). The van der Waals surface area contributed by atoms with E-state index in [1.807, 2.05) is 0 Å². The number of hydrogen-bond acceptors (Lipinski definition) is 14. The summed E-state index contributed by atoms with van der Waals surface area (Å²) in [5.41, 5.74) is 0.384. The van der Waals surface area contributed by atoms with Crippen LogP contribution in [0.15, 0.2) is 42.2 Å². The fourth-order valence-corrected chi connectivity index (χ4v) is 8.54. The summed E-state index contributed by atoms with van der Waals surface area (Å²) in [5.74, 6) is -7.35. The number of rotatable bonds is 4. The molecule has 1 amide bonds. The lowest BCUT2D eigenvalue weighted by Gasteiger charge is -2.38. The number of benzene rings is 2.